The molecule has 4 aromatic carbocycles. The number of carbonyl (C=O) groups excluding carboxylic acids is 1. The van der Waals surface area contributed by atoms with Crippen molar-refractivity contribution in [2.45, 2.75) is 5.22 Å². The lowest BCUT2D eigenvalue weighted by atomic mass is 10.0. The van der Waals surface area contributed by atoms with Gasteiger partial charge in [0.15, 0.2) is 5.58 Å². The summed E-state index contributed by atoms with van der Waals surface area (Å²) in [6, 6.07) is 33.2. The van der Waals surface area contributed by atoms with Crippen LogP contribution in [0, 0.1) is 0 Å². The van der Waals surface area contributed by atoms with E-state index >= 15 is 0 Å². The quantitative estimate of drug-likeness (QED) is 0.259. The molecule has 2 aromatic heterocycles. The lowest BCUT2D eigenvalue weighted by molar-refractivity contribution is -0.113. The summed E-state index contributed by atoms with van der Waals surface area (Å²) in [5, 5.41) is 3.42. The molecule has 0 aliphatic heterocycles. The number of carbonyl (C=O) groups is 1. The van der Waals surface area contributed by atoms with E-state index in [4.69, 9.17) is 14.4 Å². The van der Waals surface area contributed by atoms with E-state index in [1.165, 1.54) is 11.8 Å². The van der Waals surface area contributed by atoms with E-state index in [1.54, 1.807) is 0 Å². The second-order valence-corrected chi connectivity index (χ2v) is 9.07. The Morgan fingerprint density at radius 3 is 2.03 bits per heavy atom. The van der Waals surface area contributed by atoms with E-state index in [0.29, 0.717) is 22.0 Å². The highest BCUT2D eigenvalue weighted by atomic mass is 32.2. The number of hydrogen-bond acceptors (Lipinski definition) is 6. The number of benzene rings is 4. The van der Waals surface area contributed by atoms with Gasteiger partial charge in [-0.25, -0.2) is 15.0 Å². The monoisotopic (exact) mass is 488 g/mol. The molecule has 0 saturated heterocycles. The molecule has 6 nitrogen and oxygen atoms in total. The molecule has 0 spiro atoms. The van der Waals surface area contributed by atoms with E-state index in [2.05, 4.69) is 10.3 Å². The number of para-hydroxylation sites is 2. The number of oxazole rings is 1. The van der Waals surface area contributed by atoms with Gasteiger partial charge < -0.3 is 9.73 Å². The predicted octanol–water partition coefficient (Wildman–Crippen LogP) is 6.84. The van der Waals surface area contributed by atoms with Crippen molar-refractivity contribution in [1.29, 1.82) is 0 Å². The average molecular weight is 489 g/mol. The third-order valence-corrected chi connectivity index (χ3v) is 6.47. The Bertz CT molecular complexity index is 1650. The Labute approximate surface area is 211 Å². The van der Waals surface area contributed by atoms with Crippen molar-refractivity contribution in [2.75, 3.05) is 11.1 Å². The Morgan fingerprint density at radius 2 is 1.33 bits per heavy atom. The van der Waals surface area contributed by atoms with Crippen LogP contribution in [0.4, 0.5) is 5.69 Å². The number of anilines is 1. The summed E-state index contributed by atoms with van der Waals surface area (Å²) in [5.74, 6) is 0.0254. The van der Waals surface area contributed by atoms with Crippen molar-refractivity contribution in [3.63, 3.8) is 0 Å². The lowest BCUT2D eigenvalue weighted by Gasteiger charge is -2.12. The Kier molecular flexibility index (Phi) is 5.89. The minimum atomic E-state index is -0.154. The molecule has 0 aliphatic carbocycles. The van der Waals surface area contributed by atoms with Gasteiger partial charge in [0.25, 0.3) is 5.22 Å². The summed E-state index contributed by atoms with van der Waals surface area (Å²) in [7, 11) is 0. The summed E-state index contributed by atoms with van der Waals surface area (Å²) < 4.78 is 5.68. The van der Waals surface area contributed by atoms with Crippen molar-refractivity contribution in [2.24, 2.45) is 0 Å². The molecule has 0 atom stereocenters. The zero-order valence-corrected chi connectivity index (χ0v) is 19.9. The van der Waals surface area contributed by atoms with Gasteiger partial charge in [0, 0.05) is 16.8 Å². The molecule has 0 saturated carbocycles. The normalized spacial score (nSPS) is 11.1. The molecule has 6 rings (SSSR count). The van der Waals surface area contributed by atoms with Crippen LogP contribution in [0.3, 0.4) is 0 Å². The highest BCUT2D eigenvalue weighted by molar-refractivity contribution is 7.99. The maximum absolute atomic E-state index is 12.6. The largest absolute Gasteiger partial charge is 0.431 e. The van der Waals surface area contributed by atoms with Gasteiger partial charge in [-0.2, -0.15) is 0 Å². The maximum atomic E-state index is 12.6. The lowest BCUT2D eigenvalue weighted by Crippen LogP contribution is -2.14. The molecule has 7 heteroatoms. The fourth-order valence-electron chi connectivity index (χ4n) is 3.96. The number of amides is 1. The smallest absolute Gasteiger partial charge is 0.257 e. The zero-order valence-electron chi connectivity index (χ0n) is 19.1. The van der Waals surface area contributed by atoms with Crippen molar-refractivity contribution in [1.82, 2.24) is 15.0 Å². The Balaban J connectivity index is 1.27. The maximum Gasteiger partial charge on any atom is 0.257 e. The molecule has 36 heavy (non-hydrogen) atoms. The first-order valence-electron chi connectivity index (χ1n) is 11.4. The van der Waals surface area contributed by atoms with Crippen LogP contribution < -0.4 is 5.32 Å². The first-order chi connectivity index (χ1) is 17.7. The number of thioether (sulfide) groups is 1. The minimum Gasteiger partial charge on any atom is -0.431 e. The number of hydrogen-bond donors (Lipinski definition) is 1. The van der Waals surface area contributed by atoms with E-state index in [0.717, 1.165) is 33.5 Å². The van der Waals surface area contributed by atoms with Gasteiger partial charge in [0.2, 0.25) is 5.91 Å². The second kappa shape index (κ2) is 9.64. The third kappa shape index (κ3) is 4.56. The predicted molar refractivity (Wildman–Crippen MR) is 144 cm³/mol. The Morgan fingerprint density at radius 1 is 0.694 bits per heavy atom. The average Bonchev–Trinajstić information content (AvgIpc) is 3.35. The fourth-order valence-corrected chi connectivity index (χ4v) is 4.60. The molecule has 0 fully saturated rings. The second-order valence-electron chi connectivity index (χ2n) is 8.14. The van der Waals surface area contributed by atoms with Gasteiger partial charge >= 0.3 is 0 Å². The molecule has 0 unspecified atom stereocenters. The molecule has 1 N–H and O–H groups in total. The molecule has 0 bridgehead atoms. The summed E-state index contributed by atoms with van der Waals surface area (Å²) in [6.45, 7) is 0. The highest BCUT2D eigenvalue weighted by Crippen LogP contribution is 2.31. The van der Waals surface area contributed by atoms with Crippen LogP contribution in [-0.2, 0) is 4.79 Å². The van der Waals surface area contributed by atoms with Crippen LogP contribution in [0.2, 0.25) is 0 Å². The molecule has 2 heterocycles. The van der Waals surface area contributed by atoms with Gasteiger partial charge in [-0.1, -0.05) is 84.6 Å². The zero-order chi connectivity index (χ0) is 24.3. The third-order valence-electron chi connectivity index (χ3n) is 5.64. The van der Waals surface area contributed by atoms with Crippen molar-refractivity contribution < 1.29 is 9.21 Å². The Hall–Kier alpha value is -4.49. The summed E-state index contributed by atoms with van der Waals surface area (Å²) >= 11 is 1.26. The van der Waals surface area contributed by atoms with Crippen LogP contribution in [-0.4, -0.2) is 26.6 Å². The fraction of sp³-hybridized carbons (Fsp3) is 0.0345. The molecule has 174 valence electrons. The molecular formula is C29H20N4O2S. The van der Waals surface area contributed by atoms with E-state index < -0.39 is 0 Å². The van der Waals surface area contributed by atoms with Crippen LogP contribution in [0.15, 0.2) is 113 Å². The first kappa shape index (κ1) is 22.0. The molecule has 6 aromatic rings. The van der Waals surface area contributed by atoms with Crippen LogP contribution in [0.25, 0.3) is 44.6 Å². The highest BCUT2D eigenvalue weighted by Gasteiger charge is 2.14. The van der Waals surface area contributed by atoms with Gasteiger partial charge in [0.1, 0.15) is 5.52 Å². The molecule has 0 radical (unpaired) electrons. The molecule has 0 aliphatic rings. The topological polar surface area (TPSA) is 80.9 Å². The summed E-state index contributed by atoms with van der Waals surface area (Å²) in [4.78, 5) is 26.9. The van der Waals surface area contributed by atoms with Crippen LogP contribution >= 0.6 is 11.8 Å². The number of fused-ring (bicyclic) bond motifs is 2. The van der Waals surface area contributed by atoms with Gasteiger partial charge in [-0.05, 0) is 30.3 Å². The van der Waals surface area contributed by atoms with Crippen molar-refractivity contribution in [3.05, 3.63) is 103 Å². The first-order valence-corrected chi connectivity index (χ1v) is 12.4. The van der Waals surface area contributed by atoms with Gasteiger partial charge in [-0.15, -0.1) is 0 Å². The van der Waals surface area contributed by atoms with Crippen molar-refractivity contribution >= 4 is 45.5 Å². The molecular weight excluding hydrogens is 468 g/mol. The molecule has 1 amide bonds. The van der Waals surface area contributed by atoms with Crippen LogP contribution in [0.1, 0.15) is 0 Å². The number of nitrogens with zero attached hydrogens (tertiary/aromatic N) is 3. The standard InChI is InChI=1S/C29H20N4O2S/c34-26(18-36-29-33-23-13-7-8-14-25(23)35-29)30-21-15-16-22-24(17-21)32-28(20-11-5-2-6-12-20)27(31-22)19-9-3-1-4-10-19/h1-17H,18H2,(H,30,34). The van der Waals surface area contributed by atoms with Gasteiger partial charge in [0.05, 0.1) is 28.2 Å². The van der Waals surface area contributed by atoms with Gasteiger partial charge in [-0.3, -0.25) is 4.79 Å². The van der Waals surface area contributed by atoms with Crippen molar-refractivity contribution in [3.8, 4) is 22.5 Å². The number of nitrogens with one attached hydrogen (secondary N) is 1. The number of aromatic nitrogens is 3. The summed E-state index contributed by atoms with van der Waals surface area (Å²) in [6.07, 6.45) is 0. The number of rotatable bonds is 6. The SMILES string of the molecule is O=C(CSc1nc2ccccc2o1)Nc1ccc2nc(-c3ccccc3)c(-c3ccccc3)nc2c1. The minimum absolute atomic E-state index is 0.154. The summed E-state index contributed by atoms with van der Waals surface area (Å²) in [5.41, 5.74) is 7.20. The van der Waals surface area contributed by atoms with E-state index in [1.807, 2.05) is 103 Å². The van der Waals surface area contributed by atoms with E-state index in [9.17, 15) is 4.79 Å². The van der Waals surface area contributed by atoms with Crippen LogP contribution in [0.5, 0.6) is 0 Å². The van der Waals surface area contributed by atoms with E-state index in [-0.39, 0.29) is 11.7 Å².